The Bertz CT molecular complexity index is 379. The van der Waals surface area contributed by atoms with Crippen LogP contribution in [0.25, 0.3) is 0 Å². The molecule has 2 N–H and O–H groups in total. The van der Waals surface area contributed by atoms with Gasteiger partial charge in [-0.15, -0.1) is 0 Å². The molecule has 82 valence electrons. The van der Waals surface area contributed by atoms with Crippen LogP contribution in [0.3, 0.4) is 0 Å². The van der Waals surface area contributed by atoms with Crippen LogP contribution in [0.2, 0.25) is 0 Å². The molecule has 1 unspecified atom stereocenters. The van der Waals surface area contributed by atoms with Gasteiger partial charge in [-0.05, 0) is 13.8 Å². The van der Waals surface area contributed by atoms with E-state index >= 15 is 0 Å². The van der Waals surface area contributed by atoms with Crippen molar-refractivity contribution in [3.05, 3.63) is 18.0 Å². The third-order valence-corrected chi connectivity index (χ3v) is 2.69. The van der Waals surface area contributed by atoms with E-state index in [2.05, 4.69) is 28.8 Å². The van der Waals surface area contributed by atoms with E-state index in [1.165, 1.54) is 5.56 Å². The van der Waals surface area contributed by atoms with Crippen LogP contribution in [0.15, 0.2) is 17.4 Å². The second kappa shape index (κ2) is 3.56. The number of nitrogens with two attached hydrogens (primary N) is 1. The molecular formula is C10H17N5. The Morgan fingerprint density at radius 2 is 2.27 bits per heavy atom. The van der Waals surface area contributed by atoms with Crippen molar-refractivity contribution in [1.29, 1.82) is 0 Å². The molecule has 5 heteroatoms. The van der Waals surface area contributed by atoms with Crippen molar-refractivity contribution in [2.75, 3.05) is 6.54 Å². The van der Waals surface area contributed by atoms with Crippen LogP contribution in [0.4, 0.5) is 0 Å². The van der Waals surface area contributed by atoms with Crippen molar-refractivity contribution in [2.45, 2.75) is 25.9 Å². The molecule has 15 heavy (non-hydrogen) atoms. The average Bonchev–Trinajstić information content (AvgIpc) is 2.71. The Morgan fingerprint density at radius 1 is 1.53 bits per heavy atom. The maximum atomic E-state index is 5.86. The van der Waals surface area contributed by atoms with Crippen molar-refractivity contribution in [1.82, 2.24) is 14.7 Å². The third-order valence-electron chi connectivity index (χ3n) is 2.69. The standard InChI is InChI=1S/C10H17N5/c1-7(2)15-9(5-12-10(15)11)8-4-13-14(3)6-8/h4,6-7,9H,5H2,1-3H3,(H2,11,12). The zero-order valence-electron chi connectivity index (χ0n) is 9.38. The van der Waals surface area contributed by atoms with Crippen LogP contribution < -0.4 is 5.73 Å². The van der Waals surface area contributed by atoms with Gasteiger partial charge >= 0.3 is 0 Å². The summed E-state index contributed by atoms with van der Waals surface area (Å²) >= 11 is 0. The minimum Gasteiger partial charge on any atom is -0.370 e. The number of nitrogens with zero attached hydrogens (tertiary/aromatic N) is 4. The highest BCUT2D eigenvalue weighted by Crippen LogP contribution is 2.26. The number of hydrogen-bond donors (Lipinski definition) is 1. The molecule has 2 heterocycles. The topological polar surface area (TPSA) is 59.4 Å². The number of aromatic nitrogens is 2. The van der Waals surface area contributed by atoms with E-state index in [4.69, 9.17) is 5.73 Å². The fraction of sp³-hybridized carbons (Fsp3) is 0.600. The fourth-order valence-electron chi connectivity index (χ4n) is 2.01. The molecule has 1 aliphatic rings. The molecule has 0 spiro atoms. The molecule has 0 bridgehead atoms. The van der Waals surface area contributed by atoms with Crippen molar-refractivity contribution >= 4 is 5.96 Å². The number of aliphatic imine (C=N–C) groups is 1. The Balaban J connectivity index is 2.24. The predicted octanol–water partition coefficient (Wildman–Crippen LogP) is 0.500. The zero-order valence-corrected chi connectivity index (χ0v) is 9.38. The average molecular weight is 207 g/mol. The van der Waals surface area contributed by atoms with E-state index in [0.29, 0.717) is 12.0 Å². The monoisotopic (exact) mass is 207 g/mol. The predicted molar refractivity (Wildman–Crippen MR) is 59.4 cm³/mol. The van der Waals surface area contributed by atoms with Crippen molar-refractivity contribution in [2.24, 2.45) is 17.8 Å². The highest BCUT2D eigenvalue weighted by Gasteiger charge is 2.29. The number of aryl methyl sites for hydroxylation is 1. The van der Waals surface area contributed by atoms with Crippen LogP contribution in [-0.2, 0) is 7.05 Å². The lowest BCUT2D eigenvalue weighted by atomic mass is 10.1. The van der Waals surface area contributed by atoms with Gasteiger partial charge in [-0.25, -0.2) is 0 Å². The summed E-state index contributed by atoms with van der Waals surface area (Å²) in [6.45, 7) is 4.98. The van der Waals surface area contributed by atoms with Gasteiger partial charge in [0.15, 0.2) is 5.96 Å². The van der Waals surface area contributed by atoms with Gasteiger partial charge in [0, 0.05) is 24.8 Å². The molecule has 0 aromatic carbocycles. The fourth-order valence-corrected chi connectivity index (χ4v) is 2.01. The van der Waals surface area contributed by atoms with Gasteiger partial charge in [0.05, 0.1) is 18.8 Å². The van der Waals surface area contributed by atoms with Gasteiger partial charge in [-0.2, -0.15) is 5.10 Å². The van der Waals surface area contributed by atoms with Crippen molar-refractivity contribution in [3.63, 3.8) is 0 Å². The molecule has 1 aliphatic heterocycles. The minimum absolute atomic E-state index is 0.249. The molecule has 0 radical (unpaired) electrons. The van der Waals surface area contributed by atoms with Gasteiger partial charge < -0.3 is 10.6 Å². The van der Waals surface area contributed by atoms with E-state index in [9.17, 15) is 0 Å². The first kappa shape index (κ1) is 10.0. The van der Waals surface area contributed by atoms with Crippen LogP contribution in [0.1, 0.15) is 25.5 Å². The van der Waals surface area contributed by atoms with E-state index in [1.807, 2.05) is 24.1 Å². The molecular weight excluding hydrogens is 190 g/mol. The largest absolute Gasteiger partial charge is 0.370 e. The SMILES string of the molecule is CC(C)N1C(N)=NCC1c1cnn(C)c1. The molecule has 0 aliphatic carbocycles. The summed E-state index contributed by atoms with van der Waals surface area (Å²) in [6.07, 6.45) is 3.91. The molecule has 0 saturated carbocycles. The molecule has 2 rings (SSSR count). The Morgan fingerprint density at radius 3 is 2.80 bits per heavy atom. The first-order valence-corrected chi connectivity index (χ1v) is 5.16. The lowest BCUT2D eigenvalue weighted by Crippen LogP contribution is -2.40. The molecule has 1 aromatic rings. The Hall–Kier alpha value is -1.52. The normalized spacial score (nSPS) is 21.2. The summed E-state index contributed by atoms with van der Waals surface area (Å²) in [6, 6.07) is 0.611. The second-order valence-electron chi connectivity index (χ2n) is 4.16. The lowest BCUT2D eigenvalue weighted by molar-refractivity contribution is 0.290. The summed E-state index contributed by atoms with van der Waals surface area (Å²) in [4.78, 5) is 6.43. The molecule has 5 nitrogen and oxygen atoms in total. The van der Waals surface area contributed by atoms with E-state index < -0.39 is 0 Å². The van der Waals surface area contributed by atoms with Crippen LogP contribution in [0, 0.1) is 0 Å². The maximum absolute atomic E-state index is 5.86. The lowest BCUT2D eigenvalue weighted by Gasteiger charge is -2.29. The van der Waals surface area contributed by atoms with Crippen LogP contribution in [0.5, 0.6) is 0 Å². The van der Waals surface area contributed by atoms with Gasteiger partial charge in [0.25, 0.3) is 0 Å². The maximum Gasteiger partial charge on any atom is 0.192 e. The number of rotatable bonds is 2. The first-order chi connectivity index (χ1) is 7.09. The first-order valence-electron chi connectivity index (χ1n) is 5.16. The second-order valence-corrected chi connectivity index (χ2v) is 4.16. The van der Waals surface area contributed by atoms with E-state index in [-0.39, 0.29) is 6.04 Å². The molecule has 0 amide bonds. The Labute approximate surface area is 89.6 Å². The highest BCUT2D eigenvalue weighted by molar-refractivity contribution is 5.80. The Kier molecular flexibility index (Phi) is 2.38. The summed E-state index contributed by atoms with van der Waals surface area (Å²) in [5.41, 5.74) is 7.04. The van der Waals surface area contributed by atoms with Crippen molar-refractivity contribution in [3.8, 4) is 0 Å². The van der Waals surface area contributed by atoms with Crippen LogP contribution >= 0.6 is 0 Å². The summed E-state index contributed by atoms with van der Waals surface area (Å²) in [5.74, 6) is 0.638. The third kappa shape index (κ3) is 1.69. The minimum atomic E-state index is 0.249. The zero-order chi connectivity index (χ0) is 11.0. The molecule has 1 atom stereocenters. The smallest absolute Gasteiger partial charge is 0.192 e. The molecule has 1 aromatic heterocycles. The number of hydrogen-bond acceptors (Lipinski definition) is 4. The van der Waals surface area contributed by atoms with Gasteiger partial charge in [-0.1, -0.05) is 0 Å². The number of guanidine groups is 1. The van der Waals surface area contributed by atoms with E-state index in [1.54, 1.807) is 0 Å². The van der Waals surface area contributed by atoms with Crippen molar-refractivity contribution < 1.29 is 0 Å². The summed E-state index contributed by atoms with van der Waals surface area (Å²) in [5, 5.41) is 4.18. The summed E-state index contributed by atoms with van der Waals surface area (Å²) in [7, 11) is 1.92. The van der Waals surface area contributed by atoms with Crippen LogP contribution in [-0.4, -0.2) is 33.2 Å². The quantitative estimate of drug-likeness (QED) is 0.768. The highest BCUT2D eigenvalue weighted by atomic mass is 15.3. The van der Waals surface area contributed by atoms with E-state index in [0.717, 1.165) is 6.54 Å². The summed E-state index contributed by atoms with van der Waals surface area (Å²) < 4.78 is 1.81. The molecule has 0 saturated heterocycles. The molecule has 0 fully saturated rings. The van der Waals surface area contributed by atoms with Gasteiger partial charge in [0.1, 0.15) is 0 Å². The van der Waals surface area contributed by atoms with Gasteiger partial charge in [0.2, 0.25) is 0 Å². The van der Waals surface area contributed by atoms with Gasteiger partial charge in [-0.3, -0.25) is 9.67 Å².